The molecule has 0 fully saturated rings. The lowest BCUT2D eigenvalue weighted by molar-refractivity contribution is -0.155. The fraction of sp³-hybridized carbons (Fsp3) is 0.875. The van der Waals surface area contributed by atoms with Crippen LogP contribution in [0.1, 0.15) is 20.8 Å². The van der Waals surface area contributed by atoms with Gasteiger partial charge in [0.15, 0.2) is 6.10 Å². The molecule has 0 saturated heterocycles. The molecule has 0 aromatic heterocycles. The number of carboxylic acid groups (broad SMARTS) is 1. The largest absolute Gasteiger partial charge is 0.479 e. The SMILES string of the molecule is CCOC(COC(C)C)C(=O)O. The van der Waals surface area contributed by atoms with Crippen LogP contribution >= 0.6 is 0 Å². The summed E-state index contributed by atoms with van der Waals surface area (Å²) >= 11 is 0. The van der Waals surface area contributed by atoms with Gasteiger partial charge in [0.2, 0.25) is 0 Å². The van der Waals surface area contributed by atoms with E-state index >= 15 is 0 Å². The van der Waals surface area contributed by atoms with Gasteiger partial charge in [0.25, 0.3) is 0 Å². The van der Waals surface area contributed by atoms with E-state index in [0.29, 0.717) is 6.61 Å². The minimum Gasteiger partial charge on any atom is -0.479 e. The van der Waals surface area contributed by atoms with Crippen molar-refractivity contribution in [2.75, 3.05) is 13.2 Å². The van der Waals surface area contributed by atoms with Gasteiger partial charge in [-0.15, -0.1) is 0 Å². The lowest BCUT2D eigenvalue weighted by Gasteiger charge is -2.14. The van der Waals surface area contributed by atoms with Crippen molar-refractivity contribution in [1.82, 2.24) is 0 Å². The molecule has 1 atom stereocenters. The molecule has 0 bridgehead atoms. The highest BCUT2D eigenvalue weighted by molar-refractivity contribution is 5.72. The highest BCUT2D eigenvalue weighted by atomic mass is 16.6. The van der Waals surface area contributed by atoms with Crippen LogP contribution in [0.15, 0.2) is 0 Å². The van der Waals surface area contributed by atoms with Gasteiger partial charge in [-0.05, 0) is 20.8 Å². The van der Waals surface area contributed by atoms with Gasteiger partial charge in [0.1, 0.15) is 0 Å². The predicted molar refractivity (Wildman–Crippen MR) is 44.1 cm³/mol. The second kappa shape index (κ2) is 5.97. The average Bonchev–Trinajstić information content (AvgIpc) is 1.96. The summed E-state index contributed by atoms with van der Waals surface area (Å²) in [4.78, 5) is 10.5. The quantitative estimate of drug-likeness (QED) is 0.653. The summed E-state index contributed by atoms with van der Waals surface area (Å²) in [5.41, 5.74) is 0. The van der Waals surface area contributed by atoms with E-state index in [2.05, 4.69) is 0 Å². The van der Waals surface area contributed by atoms with Crippen LogP contribution in [0.4, 0.5) is 0 Å². The van der Waals surface area contributed by atoms with Crippen LogP contribution in [-0.2, 0) is 14.3 Å². The van der Waals surface area contributed by atoms with Crippen LogP contribution in [0, 0.1) is 0 Å². The maximum atomic E-state index is 10.5. The van der Waals surface area contributed by atoms with Crippen molar-refractivity contribution in [3.63, 3.8) is 0 Å². The highest BCUT2D eigenvalue weighted by Crippen LogP contribution is 1.96. The van der Waals surface area contributed by atoms with Gasteiger partial charge in [-0.2, -0.15) is 0 Å². The van der Waals surface area contributed by atoms with Crippen molar-refractivity contribution in [2.45, 2.75) is 33.0 Å². The molecule has 4 heteroatoms. The zero-order valence-electron chi connectivity index (χ0n) is 7.74. The van der Waals surface area contributed by atoms with Crippen molar-refractivity contribution >= 4 is 5.97 Å². The Kier molecular flexibility index (Phi) is 5.66. The first-order valence-electron chi connectivity index (χ1n) is 4.04. The summed E-state index contributed by atoms with van der Waals surface area (Å²) in [6.07, 6.45) is -0.801. The van der Waals surface area contributed by atoms with Crippen molar-refractivity contribution in [3.8, 4) is 0 Å². The lowest BCUT2D eigenvalue weighted by atomic mass is 10.4. The number of hydrogen-bond donors (Lipinski definition) is 1. The van der Waals surface area contributed by atoms with Gasteiger partial charge in [0.05, 0.1) is 12.7 Å². The maximum Gasteiger partial charge on any atom is 0.335 e. The molecule has 0 aromatic rings. The standard InChI is InChI=1S/C8H16O4/c1-4-11-7(8(9)10)5-12-6(2)3/h6-7H,4-5H2,1-3H3,(H,9,10). The summed E-state index contributed by atoms with van der Waals surface area (Å²) in [6, 6.07) is 0. The van der Waals surface area contributed by atoms with Gasteiger partial charge in [-0.1, -0.05) is 0 Å². The minimum atomic E-state index is -0.975. The summed E-state index contributed by atoms with van der Waals surface area (Å²) in [6.45, 7) is 5.96. The third kappa shape index (κ3) is 5.09. The average molecular weight is 176 g/mol. The molecular weight excluding hydrogens is 160 g/mol. The first-order chi connectivity index (χ1) is 5.57. The molecule has 0 aromatic carbocycles. The molecular formula is C8H16O4. The normalized spacial score (nSPS) is 13.3. The smallest absolute Gasteiger partial charge is 0.335 e. The van der Waals surface area contributed by atoms with Crippen molar-refractivity contribution in [1.29, 1.82) is 0 Å². The van der Waals surface area contributed by atoms with E-state index in [0.717, 1.165) is 0 Å². The van der Waals surface area contributed by atoms with Crippen LogP contribution in [0.5, 0.6) is 0 Å². The molecule has 4 nitrogen and oxygen atoms in total. The van der Waals surface area contributed by atoms with Gasteiger partial charge in [0, 0.05) is 6.61 Å². The Labute approximate surface area is 72.5 Å². The molecule has 0 spiro atoms. The van der Waals surface area contributed by atoms with Crippen LogP contribution < -0.4 is 0 Å². The Morgan fingerprint density at radius 2 is 2.00 bits per heavy atom. The molecule has 0 radical (unpaired) electrons. The van der Waals surface area contributed by atoms with Crippen molar-refractivity contribution in [2.24, 2.45) is 0 Å². The number of carbonyl (C=O) groups is 1. The molecule has 0 aliphatic rings. The van der Waals surface area contributed by atoms with Gasteiger partial charge < -0.3 is 14.6 Å². The van der Waals surface area contributed by atoms with Crippen molar-refractivity contribution in [3.05, 3.63) is 0 Å². The lowest BCUT2D eigenvalue weighted by Crippen LogP contribution is -2.30. The second-order valence-corrected chi connectivity index (χ2v) is 2.66. The van der Waals surface area contributed by atoms with Gasteiger partial charge in [-0.3, -0.25) is 0 Å². The Morgan fingerprint density at radius 3 is 2.33 bits per heavy atom. The maximum absolute atomic E-state index is 10.5. The second-order valence-electron chi connectivity index (χ2n) is 2.66. The molecule has 1 unspecified atom stereocenters. The molecule has 12 heavy (non-hydrogen) atoms. The van der Waals surface area contributed by atoms with E-state index < -0.39 is 12.1 Å². The summed E-state index contributed by atoms with van der Waals surface area (Å²) in [5.74, 6) is -0.975. The fourth-order valence-electron chi connectivity index (χ4n) is 0.672. The first kappa shape index (κ1) is 11.4. The Balaban J connectivity index is 3.71. The number of ether oxygens (including phenoxy) is 2. The molecule has 0 aliphatic heterocycles. The third-order valence-electron chi connectivity index (χ3n) is 1.22. The van der Waals surface area contributed by atoms with Gasteiger partial charge >= 0.3 is 5.97 Å². The zero-order valence-corrected chi connectivity index (χ0v) is 7.74. The van der Waals surface area contributed by atoms with Crippen LogP contribution in [-0.4, -0.2) is 36.5 Å². The molecule has 0 saturated carbocycles. The molecule has 0 amide bonds. The summed E-state index contributed by atoms with van der Waals surface area (Å²) in [5, 5.41) is 8.61. The van der Waals surface area contributed by atoms with Gasteiger partial charge in [-0.25, -0.2) is 4.79 Å². The molecule has 0 rings (SSSR count). The molecule has 72 valence electrons. The van der Waals surface area contributed by atoms with E-state index in [1.165, 1.54) is 0 Å². The number of hydrogen-bond acceptors (Lipinski definition) is 3. The molecule has 1 N–H and O–H groups in total. The van der Waals surface area contributed by atoms with E-state index in [1.807, 2.05) is 13.8 Å². The fourth-order valence-corrected chi connectivity index (χ4v) is 0.672. The molecule has 0 heterocycles. The Hall–Kier alpha value is -0.610. The van der Waals surface area contributed by atoms with E-state index in [9.17, 15) is 4.79 Å². The summed E-state index contributed by atoms with van der Waals surface area (Å²) in [7, 11) is 0. The minimum absolute atomic E-state index is 0.0345. The van der Waals surface area contributed by atoms with Crippen LogP contribution in [0.25, 0.3) is 0 Å². The monoisotopic (exact) mass is 176 g/mol. The zero-order chi connectivity index (χ0) is 9.56. The molecule has 0 aliphatic carbocycles. The van der Waals surface area contributed by atoms with E-state index in [4.69, 9.17) is 14.6 Å². The topological polar surface area (TPSA) is 55.8 Å². The number of aliphatic carboxylic acids is 1. The highest BCUT2D eigenvalue weighted by Gasteiger charge is 2.17. The van der Waals surface area contributed by atoms with Crippen molar-refractivity contribution < 1.29 is 19.4 Å². The summed E-state index contributed by atoms with van der Waals surface area (Å²) < 4.78 is 10.0. The number of carboxylic acids is 1. The van der Waals surface area contributed by atoms with Crippen LogP contribution in [0.3, 0.4) is 0 Å². The number of rotatable bonds is 6. The Bertz CT molecular complexity index is 133. The van der Waals surface area contributed by atoms with Crippen LogP contribution in [0.2, 0.25) is 0 Å². The first-order valence-corrected chi connectivity index (χ1v) is 4.04. The third-order valence-corrected chi connectivity index (χ3v) is 1.22. The Morgan fingerprint density at radius 1 is 1.42 bits per heavy atom. The van der Waals surface area contributed by atoms with E-state index in [-0.39, 0.29) is 12.7 Å². The van der Waals surface area contributed by atoms with E-state index in [1.54, 1.807) is 6.92 Å². The predicted octanol–water partition coefficient (Wildman–Crippen LogP) is 0.901.